The molecule has 1 N–H and O–H groups in total. The second-order valence-electron chi connectivity index (χ2n) is 5.35. The Morgan fingerprint density at radius 1 is 1.05 bits per heavy atom. The Morgan fingerprint density at radius 2 is 1.57 bits per heavy atom. The third-order valence-corrected chi connectivity index (χ3v) is 5.84. The van der Waals surface area contributed by atoms with Crippen LogP contribution in [0.2, 0.25) is 0 Å². The lowest BCUT2D eigenvalue weighted by atomic mass is 10.1. The molecule has 0 amide bonds. The maximum absolute atomic E-state index is 11.9. The Balaban J connectivity index is 2.78. The van der Waals surface area contributed by atoms with Crippen molar-refractivity contribution in [1.82, 2.24) is 4.72 Å². The monoisotopic (exact) mass is 353 g/mol. The highest BCUT2D eigenvalue weighted by molar-refractivity contribution is 8.13. The highest BCUT2D eigenvalue weighted by atomic mass is 35.7. The number of rotatable bonds is 7. The molecule has 1 unspecified atom stereocenters. The van der Waals surface area contributed by atoms with E-state index >= 15 is 0 Å². The Morgan fingerprint density at radius 3 is 2.00 bits per heavy atom. The maximum Gasteiger partial charge on any atom is 0.261 e. The van der Waals surface area contributed by atoms with Crippen LogP contribution in [0, 0.1) is 5.92 Å². The molecule has 1 atom stereocenters. The summed E-state index contributed by atoms with van der Waals surface area (Å²) in [7, 11) is -1.89. The van der Waals surface area contributed by atoms with Crippen molar-refractivity contribution in [2.75, 3.05) is 5.75 Å². The van der Waals surface area contributed by atoms with Gasteiger partial charge in [0.05, 0.1) is 10.6 Å². The summed E-state index contributed by atoms with van der Waals surface area (Å²) in [5.74, 6) is 0.383. The molecule has 0 aliphatic carbocycles. The number of nitrogens with one attached hydrogen (secondary N) is 1. The standard InChI is InChI=1S/C13H20ClNO4S2/c1-10(2)8-9-20(16,17)15-11(3)12-4-6-13(7-5-12)21(14,18)19/h4-7,10-11,15H,8-9H2,1-3H3. The molecule has 0 heterocycles. The number of benzene rings is 1. The second-order valence-corrected chi connectivity index (χ2v) is 9.79. The first kappa shape index (κ1) is 18.4. The van der Waals surface area contributed by atoms with Gasteiger partial charge in [-0.2, -0.15) is 0 Å². The van der Waals surface area contributed by atoms with Gasteiger partial charge in [-0.05, 0) is 37.0 Å². The zero-order valence-electron chi connectivity index (χ0n) is 12.2. The summed E-state index contributed by atoms with van der Waals surface area (Å²) < 4.78 is 48.7. The first-order chi connectivity index (χ1) is 9.51. The molecule has 1 aromatic rings. The van der Waals surface area contributed by atoms with Crippen molar-refractivity contribution in [3.63, 3.8) is 0 Å². The second kappa shape index (κ2) is 7.09. The molecule has 0 aliphatic rings. The van der Waals surface area contributed by atoms with E-state index in [0.29, 0.717) is 17.9 Å². The van der Waals surface area contributed by atoms with Crippen LogP contribution < -0.4 is 4.72 Å². The van der Waals surface area contributed by atoms with Crippen molar-refractivity contribution in [2.45, 2.75) is 38.1 Å². The Bertz CT molecular complexity index is 667. The molecule has 0 aromatic heterocycles. The largest absolute Gasteiger partial charge is 0.261 e. The molecule has 0 aliphatic heterocycles. The van der Waals surface area contributed by atoms with Crippen LogP contribution in [0.1, 0.15) is 38.8 Å². The van der Waals surface area contributed by atoms with Crippen LogP contribution in [0.25, 0.3) is 0 Å². The smallest absolute Gasteiger partial charge is 0.212 e. The lowest BCUT2D eigenvalue weighted by Crippen LogP contribution is -2.29. The van der Waals surface area contributed by atoms with Crippen molar-refractivity contribution in [2.24, 2.45) is 5.92 Å². The van der Waals surface area contributed by atoms with Crippen molar-refractivity contribution in [3.05, 3.63) is 29.8 Å². The van der Waals surface area contributed by atoms with E-state index in [4.69, 9.17) is 10.7 Å². The molecular weight excluding hydrogens is 334 g/mol. The molecule has 0 saturated carbocycles. The topological polar surface area (TPSA) is 80.3 Å². The van der Waals surface area contributed by atoms with Gasteiger partial charge in [0.1, 0.15) is 0 Å². The van der Waals surface area contributed by atoms with Gasteiger partial charge in [-0.1, -0.05) is 26.0 Å². The third-order valence-electron chi connectivity index (χ3n) is 2.98. The van der Waals surface area contributed by atoms with E-state index in [-0.39, 0.29) is 10.6 Å². The van der Waals surface area contributed by atoms with Crippen LogP contribution in [-0.4, -0.2) is 22.6 Å². The molecule has 1 aromatic carbocycles. The van der Waals surface area contributed by atoms with Crippen molar-refractivity contribution in [1.29, 1.82) is 0 Å². The Labute approximate surface area is 131 Å². The lowest BCUT2D eigenvalue weighted by Gasteiger charge is -2.15. The number of hydrogen-bond acceptors (Lipinski definition) is 4. The summed E-state index contributed by atoms with van der Waals surface area (Å²) in [6.07, 6.45) is 0.589. The lowest BCUT2D eigenvalue weighted by molar-refractivity contribution is 0.550. The predicted molar refractivity (Wildman–Crippen MR) is 84.3 cm³/mol. The van der Waals surface area contributed by atoms with Gasteiger partial charge in [0.15, 0.2) is 0 Å². The van der Waals surface area contributed by atoms with Gasteiger partial charge in [-0.15, -0.1) is 0 Å². The molecule has 0 bridgehead atoms. The normalized spacial score (nSPS) is 14.3. The Kier molecular flexibility index (Phi) is 6.22. The van der Waals surface area contributed by atoms with Crippen molar-refractivity contribution >= 4 is 29.8 Å². The summed E-state index contributed by atoms with van der Waals surface area (Å²) in [6.45, 7) is 5.63. The predicted octanol–water partition coefficient (Wildman–Crippen LogP) is 2.64. The van der Waals surface area contributed by atoms with E-state index in [1.807, 2.05) is 13.8 Å². The van der Waals surface area contributed by atoms with Crippen LogP contribution in [0.15, 0.2) is 29.2 Å². The minimum atomic E-state index is -3.76. The molecule has 0 fully saturated rings. The zero-order valence-corrected chi connectivity index (χ0v) is 14.6. The number of sulfonamides is 1. The van der Waals surface area contributed by atoms with Gasteiger partial charge >= 0.3 is 0 Å². The van der Waals surface area contributed by atoms with E-state index in [1.165, 1.54) is 12.1 Å². The summed E-state index contributed by atoms with van der Waals surface area (Å²) >= 11 is 0. The molecule has 0 saturated heterocycles. The van der Waals surface area contributed by atoms with Gasteiger partial charge < -0.3 is 0 Å². The summed E-state index contributed by atoms with van der Waals surface area (Å²) in [5, 5.41) is 0. The quantitative estimate of drug-likeness (QED) is 0.764. The third kappa shape index (κ3) is 6.34. The molecule has 5 nitrogen and oxygen atoms in total. The van der Waals surface area contributed by atoms with Crippen LogP contribution in [-0.2, 0) is 19.1 Å². The fourth-order valence-corrected chi connectivity index (χ4v) is 4.05. The fourth-order valence-electron chi connectivity index (χ4n) is 1.71. The van der Waals surface area contributed by atoms with Gasteiger partial charge in [0.2, 0.25) is 10.0 Å². The van der Waals surface area contributed by atoms with Gasteiger partial charge in [0.25, 0.3) is 9.05 Å². The first-order valence-corrected chi connectivity index (χ1v) is 10.5. The number of halogens is 1. The molecule has 8 heteroatoms. The molecule has 21 heavy (non-hydrogen) atoms. The molecule has 0 radical (unpaired) electrons. The van der Waals surface area contributed by atoms with Crippen LogP contribution >= 0.6 is 10.7 Å². The summed E-state index contributed by atoms with van der Waals surface area (Å²) in [6, 6.07) is 5.37. The van der Waals surface area contributed by atoms with Gasteiger partial charge in [-0.3, -0.25) is 0 Å². The summed E-state index contributed by atoms with van der Waals surface area (Å²) in [5.41, 5.74) is 0.673. The minimum Gasteiger partial charge on any atom is -0.212 e. The Hall–Kier alpha value is -0.630. The molecule has 0 spiro atoms. The summed E-state index contributed by atoms with van der Waals surface area (Å²) in [4.78, 5) is -0.0113. The average molecular weight is 354 g/mol. The van der Waals surface area contributed by atoms with Crippen molar-refractivity contribution < 1.29 is 16.8 Å². The van der Waals surface area contributed by atoms with E-state index in [0.717, 1.165) is 0 Å². The van der Waals surface area contributed by atoms with E-state index in [2.05, 4.69) is 4.72 Å². The van der Waals surface area contributed by atoms with E-state index in [9.17, 15) is 16.8 Å². The highest BCUT2D eigenvalue weighted by Gasteiger charge is 2.17. The van der Waals surface area contributed by atoms with E-state index in [1.54, 1.807) is 19.1 Å². The van der Waals surface area contributed by atoms with Crippen LogP contribution in [0.5, 0.6) is 0 Å². The van der Waals surface area contributed by atoms with Gasteiger partial charge in [-0.25, -0.2) is 21.6 Å². The minimum absolute atomic E-state index is 0.0113. The van der Waals surface area contributed by atoms with E-state index < -0.39 is 25.1 Å². The SMILES string of the molecule is CC(C)CCS(=O)(=O)NC(C)c1ccc(S(=O)(=O)Cl)cc1. The zero-order chi connectivity index (χ0) is 16.3. The fraction of sp³-hybridized carbons (Fsp3) is 0.538. The average Bonchev–Trinajstić information content (AvgIpc) is 2.35. The maximum atomic E-state index is 11.9. The van der Waals surface area contributed by atoms with Crippen molar-refractivity contribution in [3.8, 4) is 0 Å². The van der Waals surface area contributed by atoms with Crippen LogP contribution in [0.3, 0.4) is 0 Å². The molecule has 1 rings (SSSR count). The molecule has 120 valence electrons. The molecular formula is C13H20ClNO4S2. The van der Waals surface area contributed by atoms with Crippen LogP contribution in [0.4, 0.5) is 0 Å². The van der Waals surface area contributed by atoms with Gasteiger partial charge in [0, 0.05) is 16.7 Å². The number of hydrogen-bond donors (Lipinski definition) is 1. The first-order valence-electron chi connectivity index (χ1n) is 6.56. The highest BCUT2D eigenvalue weighted by Crippen LogP contribution is 2.19.